The molecule has 0 fully saturated rings. The highest BCUT2D eigenvalue weighted by atomic mass is 32.1. The van der Waals surface area contributed by atoms with Gasteiger partial charge in [0.1, 0.15) is 4.88 Å². The van der Waals surface area contributed by atoms with Gasteiger partial charge in [0.2, 0.25) is 0 Å². The fraction of sp³-hybridized carbons (Fsp3) is 0.300. The Morgan fingerprint density at radius 3 is 2.64 bits per heavy atom. The molecule has 0 aliphatic heterocycles. The summed E-state index contributed by atoms with van der Waals surface area (Å²) in [6, 6.07) is 3.88. The monoisotopic (exact) mass is 226 g/mol. The smallest absolute Gasteiger partial charge is 0.345 e. The van der Waals surface area contributed by atoms with Crippen molar-refractivity contribution in [2.45, 2.75) is 19.8 Å². The third-order valence-corrected chi connectivity index (χ3v) is 4.31. The molecular formula is C10H10O2S2. The van der Waals surface area contributed by atoms with Crippen molar-refractivity contribution < 1.29 is 9.90 Å². The number of carbonyl (C=O) groups is 1. The van der Waals surface area contributed by atoms with E-state index in [4.69, 9.17) is 5.11 Å². The Morgan fingerprint density at radius 1 is 1.36 bits per heavy atom. The maximum absolute atomic E-state index is 10.7. The Morgan fingerprint density at radius 2 is 2.07 bits per heavy atom. The molecule has 0 aromatic carbocycles. The standard InChI is InChI=1S/C10H10O2S2/c1-2-3-6-4-7-8(13-6)5-9(14-7)10(11)12/h4-5H,2-3H2,1H3,(H,11,12). The maximum Gasteiger partial charge on any atom is 0.345 e. The molecule has 1 N–H and O–H groups in total. The molecule has 4 heteroatoms. The third-order valence-electron chi connectivity index (χ3n) is 1.97. The van der Waals surface area contributed by atoms with Crippen LogP contribution < -0.4 is 0 Å². The molecule has 74 valence electrons. The molecule has 0 bridgehead atoms. The van der Waals surface area contributed by atoms with Gasteiger partial charge in [-0.1, -0.05) is 13.3 Å². The molecule has 0 saturated carbocycles. The SMILES string of the molecule is CCCc1cc2sc(C(=O)O)cc2s1. The van der Waals surface area contributed by atoms with Crippen LogP contribution in [-0.2, 0) is 6.42 Å². The van der Waals surface area contributed by atoms with Crippen LogP contribution in [0.25, 0.3) is 9.40 Å². The van der Waals surface area contributed by atoms with E-state index in [1.807, 2.05) is 0 Å². The first-order valence-electron chi connectivity index (χ1n) is 4.46. The first kappa shape index (κ1) is 9.68. The Hall–Kier alpha value is -0.870. The fourth-order valence-corrected chi connectivity index (χ4v) is 3.72. The molecule has 0 unspecified atom stereocenters. The number of carboxylic acids is 1. The predicted octanol–water partition coefficient (Wildman–Crippen LogP) is 3.61. The summed E-state index contributed by atoms with van der Waals surface area (Å²) in [5.74, 6) is -0.824. The Balaban J connectivity index is 2.40. The number of fused-ring (bicyclic) bond motifs is 1. The minimum absolute atomic E-state index is 0.439. The minimum atomic E-state index is -0.824. The van der Waals surface area contributed by atoms with Gasteiger partial charge < -0.3 is 5.11 Å². The van der Waals surface area contributed by atoms with Crippen LogP contribution in [0.2, 0.25) is 0 Å². The van der Waals surface area contributed by atoms with Gasteiger partial charge in [0.15, 0.2) is 0 Å². The van der Waals surface area contributed by atoms with Crippen LogP contribution in [0, 0.1) is 0 Å². The molecule has 0 radical (unpaired) electrons. The Bertz CT molecular complexity index is 436. The molecule has 0 aliphatic rings. The largest absolute Gasteiger partial charge is 0.477 e. The molecule has 0 aliphatic carbocycles. The number of aryl methyl sites for hydroxylation is 1. The van der Waals surface area contributed by atoms with Crippen LogP contribution in [0.5, 0.6) is 0 Å². The predicted molar refractivity (Wildman–Crippen MR) is 60.7 cm³/mol. The van der Waals surface area contributed by atoms with Crippen LogP contribution in [-0.4, -0.2) is 11.1 Å². The molecule has 0 spiro atoms. The van der Waals surface area contributed by atoms with Crippen molar-refractivity contribution in [2.75, 3.05) is 0 Å². The first-order chi connectivity index (χ1) is 6.70. The van der Waals surface area contributed by atoms with E-state index in [0.717, 1.165) is 22.2 Å². The maximum atomic E-state index is 10.7. The summed E-state index contributed by atoms with van der Waals surface area (Å²) >= 11 is 3.07. The topological polar surface area (TPSA) is 37.3 Å². The lowest BCUT2D eigenvalue weighted by atomic mass is 10.3. The van der Waals surface area contributed by atoms with Gasteiger partial charge in [-0.2, -0.15) is 0 Å². The molecule has 14 heavy (non-hydrogen) atoms. The van der Waals surface area contributed by atoms with E-state index >= 15 is 0 Å². The quantitative estimate of drug-likeness (QED) is 0.868. The fourth-order valence-electron chi connectivity index (χ4n) is 1.36. The lowest BCUT2D eigenvalue weighted by Crippen LogP contribution is -1.89. The molecule has 0 atom stereocenters. The molecule has 2 nitrogen and oxygen atoms in total. The van der Waals surface area contributed by atoms with Gasteiger partial charge in [-0.3, -0.25) is 0 Å². The molecule has 0 saturated heterocycles. The summed E-state index contributed by atoms with van der Waals surface area (Å²) in [6.45, 7) is 2.15. The van der Waals surface area contributed by atoms with E-state index in [1.54, 1.807) is 17.4 Å². The van der Waals surface area contributed by atoms with Gasteiger partial charge in [-0.15, -0.1) is 22.7 Å². The molecule has 2 aromatic rings. The zero-order chi connectivity index (χ0) is 10.1. The molecule has 2 aromatic heterocycles. The van der Waals surface area contributed by atoms with Crippen molar-refractivity contribution >= 4 is 38.0 Å². The zero-order valence-electron chi connectivity index (χ0n) is 7.74. The molecular weight excluding hydrogens is 216 g/mol. The second-order valence-electron chi connectivity index (χ2n) is 3.11. The number of rotatable bonds is 3. The van der Waals surface area contributed by atoms with Gasteiger partial charge in [-0.05, 0) is 18.6 Å². The van der Waals surface area contributed by atoms with Crippen molar-refractivity contribution in [1.29, 1.82) is 0 Å². The third kappa shape index (κ3) is 1.67. The average Bonchev–Trinajstić information content (AvgIpc) is 2.61. The second kappa shape index (κ2) is 3.71. The number of hydrogen-bond acceptors (Lipinski definition) is 3. The van der Waals surface area contributed by atoms with Crippen molar-refractivity contribution in [3.05, 3.63) is 21.9 Å². The Kier molecular flexibility index (Phi) is 2.56. The summed E-state index contributed by atoms with van der Waals surface area (Å²) in [5, 5.41) is 8.79. The highest BCUT2D eigenvalue weighted by Crippen LogP contribution is 2.33. The molecule has 2 rings (SSSR count). The molecule has 0 amide bonds. The van der Waals surface area contributed by atoms with E-state index in [9.17, 15) is 4.79 Å². The van der Waals surface area contributed by atoms with Gasteiger partial charge in [0.05, 0.1) is 0 Å². The van der Waals surface area contributed by atoms with Crippen molar-refractivity contribution in [3.63, 3.8) is 0 Å². The van der Waals surface area contributed by atoms with Crippen LogP contribution in [0.15, 0.2) is 12.1 Å². The Labute approximate surface area is 89.8 Å². The number of carboxylic acid groups (broad SMARTS) is 1. The van der Waals surface area contributed by atoms with Crippen LogP contribution in [0.3, 0.4) is 0 Å². The normalized spacial score (nSPS) is 10.9. The van der Waals surface area contributed by atoms with E-state index in [0.29, 0.717) is 4.88 Å². The van der Waals surface area contributed by atoms with Crippen LogP contribution in [0.4, 0.5) is 0 Å². The molecule has 2 heterocycles. The van der Waals surface area contributed by atoms with Gasteiger partial charge in [-0.25, -0.2) is 4.79 Å². The van der Waals surface area contributed by atoms with Crippen molar-refractivity contribution in [2.24, 2.45) is 0 Å². The summed E-state index contributed by atoms with van der Waals surface area (Å²) in [7, 11) is 0. The number of hydrogen-bond donors (Lipinski definition) is 1. The first-order valence-corrected chi connectivity index (χ1v) is 6.09. The van der Waals surface area contributed by atoms with E-state index in [2.05, 4.69) is 13.0 Å². The van der Waals surface area contributed by atoms with Crippen LogP contribution >= 0.6 is 22.7 Å². The van der Waals surface area contributed by atoms with E-state index < -0.39 is 5.97 Å². The summed E-state index contributed by atoms with van der Waals surface area (Å²) in [5.41, 5.74) is 0. The van der Waals surface area contributed by atoms with Crippen molar-refractivity contribution in [1.82, 2.24) is 0 Å². The van der Waals surface area contributed by atoms with E-state index in [-0.39, 0.29) is 0 Å². The lowest BCUT2D eigenvalue weighted by molar-refractivity contribution is 0.0702. The van der Waals surface area contributed by atoms with Gasteiger partial charge in [0, 0.05) is 14.3 Å². The van der Waals surface area contributed by atoms with Crippen LogP contribution in [0.1, 0.15) is 27.9 Å². The highest BCUT2D eigenvalue weighted by Gasteiger charge is 2.10. The van der Waals surface area contributed by atoms with E-state index in [1.165, 1.54) is 16.2 Å². The summed E-state index contributed by atoms with van der Waals surface area (Å²) in [4.78, 5) is 12.5. The number of thiophene rings is 2. The average molecular weight is 226 g/mol. The summed E-state index contributed by atoms with van der Waals surface area (Å²) < 4.78 is 2.21. The second-order valence-corrected chi connectivity index (χ2v) is 5.36. The van der Waals surface area contributed by atoms with Crippen molar-refractivity contribution in [3.8, 4) is 0 Å². The minimum Gasteiger partial charge on any atom is -0.477 e. The number of aromatic carboxylic acids is 1. The summed E-state index contributed by atoms with van der Waals surface area (Å²) in [6.07, 6.45) is 2.23. The lowest BCUT2D eigenvalue weighted by Gasteiger charge is -1.88. The van der Waals surface area contributed by atoms with Gasteiger partial charge >= 0.3 is 5.97 Å². The van der Waals surface area contributed by atoms with Gasteiger partial charge in [0.25, 0.3) is 0 Å². The highest BCUT2D eigenvalue weighted by molar-refractivity contribution is 7.28. The zero-order valence-corrected chi connectivity index (χ0v) is 9.37.